The summed E-state index contributed by atoms with van der Waals surface area (Å²) in [5.41, 5.74) is 3.13. The number of nitrogens with one attached hydrogen (secondary N) is 1. The Balaban J connectivity index is 2.36. The number of aromatic nitrogens is 1. The number of pyridine rings is 1. The highest BCUT2D eigenvalue weighted by molar-refractivity contribution is 6.30. The molecule has 0 aliphatic rings. The fourth-order valence-electron chi connectivity index (χ4n) is 1.50. The van der Waals surface area contributed by atoms with E-state index in [0.29, 0.717) is 16.3 Å². The third-order valence-electron chi connectivity index (χ3n) is 2.26. The Labute approximate surface area is 105 Å². The molecule has 0 unspecified atom stereocenters. The third kappa shape index (κ3) is 2.74. The Bertz CT molecular complexity index is 587. The van der Waals surface area contributed by atoms with Gasteiger partial charge in [-0.3, -0.25) is 4.98 Å². The molecule has 0 spiro atoms. The van der Waals surface area contributed by atoms with Crippen LogP contribution in [0.15, 0.2) is 36.7 Å². The van der Waals surface area contributed by atoms with E-state index in [2.05, 4.69) is 16.4 Å². The number of rotatable bonds is 2. The summed E-state index contributed by atoms with van der Waals surface area (Å²) in [6.07, 6.45) is 3.48. The second-order valence-corrected chi connectivity index (χ2v) is 4.11. The highest BCUT2D eigenvalue weighted by Crippen LogP contribution is 2.24. The first-order chi connectivity index (χ1) is 8.19. The molecule has 0 amide bonds. The third-order valence-corrected chi connectivity index (χ3v) is 2.49. The minimum atomic E-state index is 0.552. The lowest BCUT2D eigenvalue weighted by Gasteiger charge is -2.08. The van der Waals surface area contributed by atoms with Gasteiger partial charge in [0, 0.05) is 11.2 Å². The topological polar surface area (TPSA) is 48.7 Å². The molecular weight excluding hydrogens is 234 g/mol. The molecule has 0 saturated carbocycles. The summed E-state index contributed by atoms with van der Waals surface area (Å²) >= 11 is 5.91. The van der Waals surface area contributed by atoms with E-state index in [1.807, 2.05) is 13.0 Å². The molecule has 4 heteroatoms. The second-order valence-electron chi connectivity index (χ2n) is 3.68. The van der Waals surface area contributed by atoms with Crippen molar-refractivity contribution in [1.29, 1.82) is 5.26 Å². The Hall–Kier alpha value is -2.05. The van der Waals surface area contributed by atoms with Gasteiger partial charge >= 0.3 is 0 Å². The Morgan fingerprint density at radius 1 is 1.29 bits per heavy atom. The van der Waals surface area contributed by atoms with Gasteiger partial charge in [-0.1, -0.05) is 11.6 Å². The average molecular weight is 244 g/mol. The van der Waals surface area contributed by atoms with Crippen LogP contribution in [0.1, 0.15) is 11.1 Å². The molecule has 1 aromatic heterocycles. The molecule has 0 fully saturated rings. The van der Waals surface area contributed by atoms with Crippen LogP contribution in [-0.4, -0.2) is 4.98 Å². The fourth-order valence-corrected chi connectivity index (χ4v) is 1.67. The molecule has 1 heterocycles. The molecule has 1 N–H and O–H groups in total. The molecule has 0 atom stereocenters. The van der Waals surface area contributed by atoms with Gasteiger partial charge in [-0.2, -0.15) is 5.26 Å². The monoisotopic (exact) mass is 243 g/mol. The quantitative estimate of drug-likeness (QED) is 0.876. The molecule has 2 rings (SSSR count). The van der Waals surface area contributed by atoms with Gasteiger partial charge in [0.25, 0.3) is 0 Å². The van der Waals surface area contributed by atoms with Crippen LogP contribution in [0, 0.1) is 18.3 Å². The highest BCUT2D eigenvalue weighted by Gasteiger charge is 2.03. The number of hydrogen-bond donors (Lipinski definition) is 1. The molecule has 0 saturated heterocycles. The highest BCUT2D eigenvalue weighted by atomic mass is 35.5. The van der Waals surface area contributed by atoms with Crippen LogP contribution >= 0.6 is 11.6 Å². The number of hydrogen-bond acceptors (Lipinski definition) is 3. The number of halogens is 1. The zero-order valence-electron chi connectivity index (χ0n) is 9.24. The first-order valence-corrected chi connectivity index (χ1v) is 5.45. The SMILES string of the molecule is Cc1cncc(Nc2cc(Cl)ccc2C#N)c1. The summed E-state index contributed by atoms with van der Waals surface area (Å²) in [5, 5.41) is 12.7. The predicted octanol–water partition coefficient (Wildman–Crippen LogP) is 3.66. The van der Waals surface area contributed by atoms with E-state index in [4.69, 9.17) is 16.9 Å². The van der Waals surface area contributed by atoms with E-state index in [0.717, 1.165) is 11.3 Å². The fraction of sp³-hybridized carbons (Fsp3) is 0.0769. The minimum absolute atomic E-state index is 0.552. The summed E-state index contributed by atoms with van der Waals surface area (Å²) in [5.74, 6) is 0. The van der Waals surface area contributed by atoms with E-state index in [-0.39, 0.29) is 0 Å². The van der Waals surface area contributed by atoms with E-state index in [9.17, 15) is 0 Å². The Morgan fingerprint density at radius 2 is 2.12 bits per heavy atom. The van der Waals surface area contributed by atoms with Gasteiger partial charge in [0.05, 0.1) is 23.1 Å². The lowest BCUT2D eigenvalue weighted by atomic mass is 10.2. The molecule has 1 aromatic carbocycles. The predicted molar refractivity (Wildman–Crippen MR) is 68.4 cm³/mol. The van der Waals surface area contributed by atoms with Gasteiger partial charge in [0.15, 0.2) is 0 Å². The van der Waals surface area contributed by atoms with E-state index in [1.54, 1.807) is 30.6 Å². The summed E-state index contributed by atoms with van der Waals surface area (Å²) in [6, 6.07) is 9.18. The van der Waals surface area contributed by atoms with Crippen molar-refractivity contribution in [3.63, 3.8) is 0 Å². The number of benzene rings is 1. The molecule has 0 aliphatic carbocycles. The van der Waals surface area contributed by atoms with Crippen molar-refractivity contribution in [2.24, 2.45) is 0 Å². The average Bonchev–Trinajstić information content (AvgIpc) is 2.29. The zero-order chi connectivity index (χ0) is 12.3. The first kappa shape index (κ1) is 11.4. The smallest absolute Gasteiger partial charge is 0.101 e. The number of aryl methyl sites for hydroxylation is 1. The zero-order valence-corrected chi connectivity index (χ0v) is 9.99. The maximum absolute atomic E-state index is 8.99. The van der Waals surface area contributed by atoms with E-state index in [1.165, 1.54) is 0 Å². The van der Waals surface area contributed by atoms with Crippen molar-refractivity contribution < 1.29 is 0 Å². The van der Waals surface area contributed by atoms with E-state index < -0.39 is 0 Å². The van der Waals surface area contributed by atoms with Crippen molar-refractivity contribution in [2.45, 2.75) is 6.92 Å². The van der Waals surface area contributed by atoms with Crippen LogP contribution in [0.5, 0.6) is 0 Å². The van der Waals surface area contributed by atoms with Gasteiger partial charge < -0.3 is 5.32 Å². The maximum atomic E-state index is 8.99. The Kier molecular flexibility index (Phi) is 3.27. The number of nitriles is 1. The summed E-state index contributed by atoms with van der Waals surface area (Å²) in [6.45, 7) is 1.96. The summed E-state index contributed by atoms with van der Waals surface area (Å²) in [7, 11) is 0. The van der Waals surface area contributed by atoms with Crippen molar-refractivity contribution in [1.82, 2.24) is 4.98 Å². The second kappa shape index (κ2) is 4.86. The van der Waals surface area contributed by atoms with Crippen LogP contribution < -0.4 is 5.32 Å². The van der Waals surface area contributed by atoms with Crippen LogP contribution in [0.4, 0.5) is 11.4 Å². The van der Waals surface area contributed by atoms with Gasteiger partial charge in [0.2, 0.25) is 0 Å². The summed E-state index contributed by atoms with van der Waals surface area (Å²) in [4.78, 5) is 4.08. The molecule has 2 aromatic rings. The van der Waals surface area contributed by atoms with Crippen LogP contribution in [0.3, 0.4) is 0 Å². The normalized spacial score (nSPS) is 9.71. The lowest BCUT2D eigenvalue weighted by Crippen LogP contribution is -1.94. The van der Waals surface area contributed by atoms with Crippen molar-refractivity contribution in [3.05, 3.63) is 52.8 Å². The lowest BCUT2D eigenvalue weighted by molar-refractivity contribution is 1.26. The Morgan fingerprint density at radius 3 is 2.82 bits per heavy atom. The van der Waals surface area contributed by atoms with Gasteiger partial charge in [-0.25, -0.2) is 0 Å². The van der Waals surface area contributed by atoms with Crippen molar-refractivity contribution >= 4 is 23.0 Å². The van der Waals surface area contributed by atoms with Gasteiger partial charge in [0.1, 0.15) is 6.07 Å². The molecule has 0 radical (unpaired) electrons. The molecule has 0 aliphatic heterocycles. The van der Waals surface area contributed by atoms with Crippen molar-refractivity contribution in [2.75, 3.05) is 5.32 Å². The standard InChI is InChI=1S/C13H10ClN3/c1-9-4-12(8-16-7-9)17-13-5-11(14)3-2-10(13)6-15/h2-5,7-8,17H,1H3. The minimum Gasteiger partial charge on any atom is -0.353 e. The molecule has 3 nitrogen and oxygen atoms in total. The van der Waals surface area contributed by atoms with Gasteiger partial charge in [-0.15, -0.1) is 0 Å². The number of anilines is 2. The molecule has 0 bridgehead atoms. The van der Waals surface area contributed by atoms with Gasteiger partial charge in [-0.05, 0) is 36.8 Å². The first-order valence-electron chi connectivity index (χ1n) is 5.07. The molecule has 84 valence electrons. The van der Waals surface area contributed by atoms with Crippen LogP contribution in [-0.2, 0) is 0 Å². The molecular formula is C13H10ClN3. The largest absolute Gasteiger partial charge is 0.353 e. The summed E-state index contributed by atoms with van der Waals surface area (Å²) < 4.78 is 0. The van der Waals surface area contributed by atoms with Crippen molar-refractivity contribution in [3.8, 4) is 6.07 Å². The maximum Gasteiger partial charge on any atom is 0.101 e. The number of nitrogens with zero attached hydrogens (tertiary/aromatic N) is 2. The van der Waals surface area contributed by atoms with E-state index >= 15 is 0 Å². The van der Waals surface area contributed by atoms with Crippen LogP contribution in [0.2, 0.25) is 5.02 Å². The van der Waals surface area contributed by atoms with Crippen LogP contribution in [0.25, 0.3) is 0 Å². The molecule has 17 heavy (non-hydrogen) atoms.